The van der Waals surface area contributed by atoms with Crippen molar-refractivity contribution in [2.45, 2.75) is 20.3 Å². The van der Waals surface area contributed by atoms with Crippen LogP contribution in [0.15, 0.2) is 40.9 Å². The topological polar surface area (TPSA) is 75.7 Å². The Bertz CT molecular complexity index is 939. The van der Waals surface area contributed by atoms with Crippen LogP contribution in [0.5, 0.6) is 0 Å². The van der Waals surface area contributed by atoms with Gasteiger partial charge >= 0.3 is 5.97 Å². The predicted octanol–water partition coefficient (Wildman–Crippen LogP) is 4.25. The Morgan fingerprint density at radius 2 is 1.83 bits per heavy atom. The average molecular weight is 480 g/mol. The minimum Gasteiger partial charge on any atom is -0.455 e. The molecule has 0 aromatic heterocycles. The van der Waals surface area contributed by atoms with Crippen LogP contribution in [-0.4, -0.2) is 30.9 Å². The summed E-state index contributed by atoms with van der Waals surface area (Å²) in [6.45, 7) is 3.58. The Hall–Kier alpha value is -2.38. The summed E-state index contributed by atoms with van der Waals surface area (Å²) in [4.78, 5) is 38.3. The van der Waals surface area contributed by atoms with Gasteiger partial charge in [0.2, 0.25) is 5.91 Å². The van der Waals surface area contributed by atoms with Gasteiger partial charge in [-0.15, -0.1) is 0 Å². The van der Waals surface area contributed by atoms with E-state index in [0.717, 1.165) is 15.6 Å². The fourth-order valence-electron chi connectivity index (χ4n) is 3.27. The third-order valence-electron chi connectivity index (χ3n) is 4.70. The van der Waals surface area contributed by atoms with Gasteiger partial charge in [-0.05, 0) is 61.4 Å². The molecule has 1 aliphatic rings. The Kier molecular flexibility index (Phi) is 6.59. The highest BCUT2D eigenvalue weighted by Gasteiger charge is 2.36. The van der Waals surface area contributed by atoms with Gasteiger partial charge in [0, 0.05) is 33.8 Å². The van der Waals surface area contributed by atoms with E-state index in [1.165, 1.54) is 4.90 Å². The van der Waals surface area contributed by atoms with Gasteiger partial charge in [0.15, 0.2) is 6.61 Å². The molecule has 0 saturated carbocycles. The highest BCUT2D eigenvalue weighted by Crippen LogP contribution is 2.27. The van der Waals surface area contributed by atoms with E-state index < -0.39 is 24.4 Å². The van der Waals surface area contributed by atoms with E-state index in [2.05, 4.69) is 21.2 Å². The number of hydrogen-bond acceptors (Lipinski definition) is 4. The summed E-state index contributed by atoms with van der Waals surface area (Å²) in [7, 11) is 0. The lowest BCUT2D eigenvalue weighted by atomic mass is 10.1. The maximum atomic E-state index is 12.3. The van der Waals surface area contributed by atoms with Crippen LogP contribution in [0.4, 0.5) is 11.4 Å². The quantitative estimate of drug-likeness (QED) is 0.651. The second-order valence-electron chi connectivity index (χ2n) is 6.95. The molecule has 1 heterocycles. The molecule has 2 aromatic carbocycles. The number of rotatable bonds is 5. The summed E-state index contributed by atoms with van der Waals surface area (Å²) < 4.78 is 6.08. The van der Waals surface area contributed by atoms with Crippen LogP contribution in [-0.2, 0) is 19.1 Å². The molecule has 1 atom stereocenters. The van der Waals surface area contributed by atoms with Gasteiger partial charge in [0.05, 0.1) is 5.92 Å². The number of hydrogen-bond donors (Lipinski definition) is 1. The zero-order valence-corrected chi connectivity index (χ0v) is 18.3. The zero-order chi connectivity index (χ0) is 21.1. The van der Waals surface area contributed by atoms with Crippen LogP contribution in [0.2, 0.25) is 5.02 Å². The first-order valence-corrected chi connectivity index (χ1v) is 10.2. The van der Waals surface area contributed by atoms with Crippen LogP contribution in [0.3, 0.4) is 0 Å². The van der Waals surface area contributed by atoms with Crippen molar-refractivity contribution < 1.29 is 19.1 Å². The number of nitrogens with zero attached hydrogens (tertiary/aromatic N) is 1. The largest absolute Gasteiger partial charge is 0.455 e. The number of carbonyl (C=O) groups excluding carboxylic acids is 3. The number of ether oxygens (including phenoxy) is 1. The SMILES string of the molecule is Cc1cc(Br)cc(C)c1NC(=O)COC(=O)[C@H]1CC(=O)N(c2ccc(Cl)cc2)C1. The normalized spacial score (nSPS) is 16.1. The standard InChI is InChI=1S/C21H20BrClN2O4/c1-12-7-15(22)8-13(2)20(12)24-18(26)11-29-21(28)14-9-19(27)25(10-14)17-5-3-16(23)4-6-17/h3-8,14H,9-11H2,1-2H3,(H,24,26)/t14-/m0/s1. The summed E-state index contributed by atoms with van der Waals surface area (Å²) in [5.41, 5.74) is 3.17. The van der Waals surface area contributed by atoms with Crippen molar-refractivity contribution in [2.24, 2.45) is 5.92 Å². The summed E-state index contributed by atoms with van der Waals surface area (Å²) >= 11 is 9.28. The first kappa shape index (κ1) is 21.3. The highest BCUT2D eigenvalue weighted by atomic mass is 79.9. The summed E-state index contributed by atoms with van der Waals surface area (Å²) in [6.07, 6.45) is 0.0496. The summed E-state index contributed by atoms with van der Waals surface area (Å²) in [5, 5.41) is 3.34. The molecular weight excluding hydrogens is 460 g/mol. The van der Waals surface area contributed by atoms with Crippen molar-refractivity contribution in [2.75, 3.05) is 23.4 Å². The van der Waals surface area contributed by atoms with E-state index in [0.29, 0.717) is 16.4 Å². The molecular formula is C21H20BrClN2O4. The fraction of sp³-hybridized carbons (Fsp3) is 0.286. The van der Waals surface area contributed by atoms with E-state index in [-0.39, 0.29) is 18.9 Å². The molecule has 0 bridgehead atoms. The van der Waals surface area contributed by atoms with Gasteiger partial charge in [0.1, 0.15) is 0 Å². The molecule has 0 radical (unpaired) electrons. The summed E-state index contributed by atoms with van der Waals surface area (Å²) in [5.74, 6) is -1.76. The Morgan fingerprint density at radius 1 is 1.21 bits per heavy atom. The first-order chi connectivity index (χ1) is 13.7. The zero-order valence-electron chi connectivity index (χ0n) is 16.0. The van der Waals surface area contributed by atoms with E-state index in [4.69, 9.17) is 16.3 Å². The minimum atomic E-state index is -0.609. The van der Waals surface area contributed by atoms with Crippen molar-refractivity contribution in [3.63, 3.8) is 0 Å². The molecule has 1 saturated heterocycles. The first-order valence-electron chi connectivity index (χ1n) is 9.03. The Labute approximate surface area is 182 Å². The van der Waals surface area contributed by atoms with E-state index >= 15 is 0 Å². The van der Waals surface area contributed by atoms with Crippen molar-refractivity contribution in [1.82, 2.24) is 0 Å². The molecule has 2 aromatic rings. The summed E-state index contributed by atoms with van der Waals surface area (Å²) in [6, 6.07) is 10.6. The average Bonchev–Trinajstić information content (AvgIpc) is 3.05. The lowest BCUT2D eigenvalue weighted by Gasteiger charge is -2.16. The van der Waals surface area contributed by atoms with Gasteiger partial charge in [-0.3, -0.25) is 14.4 Å². The van der Waals surface area contributed by atoms with Gasteiger partial charge in [-0.2, -0.15) is 0 Å². The number of carbonyl (C=O) groups is 3. The van der Waals surface area contributed by atoms with Crippen LogP contribution < -0.4 is 10.2 Å². The molecule has 1 aliphatic heterocycles. The number of amides is 2. The maximum Gasteiger partial charge on any atom is 0.311 e. The Morgan fingerprint density at radius 3 is 2.45 bits per heavy atom. The van der Waals surface area contributed by atoms with Gasteiger partial charge in [-0.25, -0.2) is 0 Å². The monoisotopic (exact) mass is 478 g/mol. The molecule has 0 aliphatic carbocycles. The van der Waals surface area contributed by atoms with Crippen LogP contribution in [0.1, 0.15) is 17.5 Å². The maximum absolute atomic E-state index is 12.3. The second kappa shape index (κ2) is 8.97. The van der Waals surface area contributed by atoms with Gasteiger partial charge < -0.3 is 15.0 Å². The third-order valence-corrected chi connectivity index (χ3v) is 5.41. The van der Waals surface area contributed by atoms with Crippen LogP contribution >= 0.6 is 27.5 Å². The number of benzene rings is 2. The van der Waals surface area contributed by atoms with Crippen molar-refractivity contribution in [3.05, 3.63) is 57.0 Å². The molecule has 1 N–H and O–H groups in total. The number of esters is 1. The number of aryl methyl sites for hydroxylation is 2. The van der Waals surface area contributed by atoms with E-state index in [9.17, 15) is 14.4 Å². The molecule has 6 nitrogen and oxygen atoms in total. The molecule has 3 rings (SSSR count). The second-order valence-corrected chi connectivity index (χ2v) is 8.30. The molecule has 8 heteroatoms. The van der Waals surface area contributed by atoms with Gasteiger partial charge in [-0.1, -0.05) is 27.5 Å². The van der Waals surface area contributed by atoms with Crippen LogP contribution in [0, 0.1) is 19.8 Å². The van der Waals surface area contributed by atoms with E-state index in [1.807, 2.05) is 26.0 Å². The minimum absolute atomic E-state index is 0.0496. The molecule has 1 fully saturated rings. The van der Waals surface area contributed by atoms with Gasteiger partial charge in [0.25, 0.3) is 5.91 Å². The Balaban J connectivity index is 1.55. The number of nitrogens with one attached hydrogen (secondary N) is 1. The number of halogens is 2. The molecule has 152 valence electrons. The lowest BCUT2D eigenvalue weighted by Crippen LogP contribution is -2.28. The predicted molar refractivity (Wildman–Crippen MR) is 115 cm³/mol. The molecule has 0 spiro atoms. The van der Waals surface area contributed by atoms with E-state index in [1.54, 1.807) is 24.3 Å². The smallest absolute Gasteiger partial charge is 0.311 e. The van der Waals surface area contributed by atoms with Crippen molar-refractivity contribution in [3.8, 4) is 0 Å². The van der Waals surface area contributed by atoms with Crippen LogP contribution in [0.25, 0.3) is 0 Å². The fourth-order valence-corrected chi connectivity index (χ4v) is 4.09. The number of anilines is 2. The van der Waals surface area contributed by atoms with Crippen molar-refractivity contribution >= 4 is 56.7 Å². The van der Waals surface area contributed by atoms with Crippen molar-refractivity contribution in [1.29, 1.82) is 0 Å². The highest BCUT2D eigenvalue weighted by molar-refractivity contribution is 9.10. The molecule has 0 unspecified atom stereocenters. The molecule has 29 heavy (non-hydrogen) atoms. The third kappa shape index (κ3) is 5.16. The molecule has 2 amide bonds. The lowest BCUT2D eigenvalue weighted by molar-refractivity contribution is -0.151.